The van der Waals surface area contributed by atoms with Gasteiger partial charge >= 0.3 is 0 Å². The lowest BCUT2D eigenvalue weighted by Crippen LogP contribution is -2.21. The fourth-order valence-corrected chi connectivity index (χ4v) is 2.69. The fraction of sp³-hybridized carbons (Fsp3) is 0.200. The van der Waals surface area contributed by atoms with E-state index in [0.717, 1.165) is 16.8 Å². The number of rotatable bonds is 4. The number of benzene rings is 2. The Balaban J connectivity index is 1.77. The summed E-state index contributed by atoms with van der Waals surface area (Å²) in [4.78, 5) is 24.4. The highest BCUT2D eigenvalue weighted by Crippen LogP contribution is 2.23. The number of amides is 1. The van der Waals surface area contributed by atoms with Gasteiger partial charge in [0.1, 0.15) is 5.75 Å². The SMILES string of the molecule is Cc1cccc(NC(=O)COc2cccc3c(=O)n(C)ccc23)c1C. The van der Waals surface area contributed by atoms with Crippen molar-refractivity contribution < 1.29 is 9.53 Å². The number of nitrogens with zero attached hydrogens (tertiary/aromatic N) is 1. The first-order valence-electron chi connectivity index (χ1n) is 8.04. The van der Waals surface area contributed by atoms with Crippen LogP contribution in [0.4, 0.5) is 5.69 Å². The summed E-state index contributed by atoms with van der Waals surface area (Å²) in [7, 11) is 1.70. The normalized spacial score (nSPS) is 10.7. The molecule has 3 rings (SSSR count). The molecule has 0 saturated carbocycles. The first-order valence-corrected chi connectivity index (χ1v) is 8.04. The highest BCUT2D eigenvalue weighted by molar-refractivity contribution is 5.93. The molecule has 5 nitrogen and oxygen atoms in total. The molecule has 0 bridgehead atoms. The number of hydrogen-bond donors (Lipinski definition) is 1. The second-order valence-electron chi connectivity index (χ2n) is 6.03. The molecular formula is C20H20N2O3. The quantitative estimate of drug-likeness (QED) is 0.796. The van der Waals surface area contributed by atoms with Crippen molar-refractivity contribution in [3.8, 4) is 5.75 Å². The number of hydrogen-bond acceptors (Lipinski definition) is 3. The zero-order valence-corrected chi connectivity index (χ0v) is 14.5. The lowest BCUT2D eigenvalue weighted by molar-refractivity contribution is -0.118. The third-order valence-corrected chi connectivity index (χ3v) is 4.32. The smallest absolute Gasteiger partial charge is 0.262 e. The van der Waals surface area contributed by atoms with E-state index in [1.807, 2.05) is 38.1 Å². The van der Waals surface area contributed by atoms with Crippen LogP contribution < -0.4 is 15.6 Å². The maximum Gasteiger partial charge on any atom is 0.262 e. The zero-order valence-electron chi connectivity index (χ0n) is 14.5. The van der Waals surface area contributed by atoms with Crippen LogP contribution in [0.1, 0.15) is 11.1 Å². The summed E-state index contributed by atoms with van der Waals surface area (Å²) >= 11 is 0. The summed E-state index contributed by atoms with van der Waals surface area (Å²) < 4.78 is 7.17. The van der Waals surface area contributed by atoms with Gasteiger partial charge in [-0.15, -0.1) is 0 Å². The number of pyridine rings is 1. The first-order chi connectivity index (χ1) is 12.0. The predicted molar refractivity (Wildman–Crippen MR) is 99.2 cm³/mol. The summed E-state index contributed by atoms with van der Waals surface area (Å²) in [5, 5.41) is 4.13. The molecule has 0 aliphatic heterocycles. The molecule has 0 aliphatic carbocycles. The molecule has 5 heteroatoms. The van der Waals surface area contributed by atoms with Crippen LogP contribution in [0.2, 0.25) is 0 Å². The van der Waals surface area contributed by atoms with Gasteiger partial charge in [0.15, 0.2) is 6.61 Å². The predicted octanol–water partition coefficient (Wildman–Crippen LogP) is 3.17. The number of carbonyl (C=O) groups excluding carboxylic acids is 1. The Morgan fingerprint density at radius 2 is 1.84 bits per heavy atom. The molecule has 0 fully saturated rings. The van der Waals surface area contributed by atoms with Crippen molar-refractivity contribution in [2.45, 2.75) is 13.8 Å². The number of aryl methyl sites for hydroxylation is 2. The van der Waals surface area contributed by atoms with Gasteiger partial charge in [0, 0.05) is 24.3 Å². The maximum absolute atomic E-state index is 12.2. The van der Waals surface area contributed by atoms with E-state index < -0.39 is 0 Å². The molecule has 1 aromatic heterocycles. The summed E-state index contributed by atoms with van der Waals surface area (Å²) in [6, 6.07) is 12.8. The van der Waals surface area contributed by atoms with Crippen molar-refractivity contribution in [1.82, 2.24) is 4.57 Å². The fourth-order valence-electron chi connectivity index (χ4n) is 2.69. The van der Waals surface area contributed by atoms with Gasteiger partial charge in [0.2, 0.25) is 0 Å². The first kappa shape index (κ1) is 16.8. The zero-order chi connectivity index (χ0) is 18.0. The molecule has 0 spiro atoms. The number of fused-ring (bicyclic) bond motifs is 1. The van der Waals surface area contributed by atoms with Gasteiger partial charge in [-0.2, -0.15) is 0 Å². The summed E-state index contributed by atoms with van der Waals surface area (Å²) in [5.74, 6) is 0.279. The van der Waals surface area contributed by atoms with Gasteiger partial charge in [0.05, 0.1) is 5.39 Å². The van der Waals surface area contributed by atoms with Crippen molar-refractivity contribution in [3.63, 3.8) is 0 Å². The molecule has 128 valence electrons. The minimum atomic E-state index is -0.241. The van der Waals surface area contributed by atoms with Crippen molar-refractivity contribution >= 4 is 22.4 Å². The number of anilines is 1. The summed E-state index contributed by atoms with van der Waals surface area (Å²) in [5.41, 5.74) is 2.83. The van der Waals surface area contributed by atoms with Crippen LogP contribution in [0.3, 0.4) is 0 Å². The Labute approximate surface area is 145 Å². The Bertz CT molecular complexity index is 1010. The third-order valence-electron chi connectivity index (χ3n) is 4.32. The maximum atomic E-state index is 12.2. The van der Waals surface area contributed by atoms with E-state index in [-0.39, 0.29) is 18.1 Å². The second-order valence-corrected chi connectivity index (χ2v) is 6.03. The lowest BCUT2D eigenvalue weighted by atomic mass is 10.1. The van der Waals surface area contributed by atoms with Gasteiger partial charge in [0.25, 0.3) is 11.5 Å². The standard InChI is InChI=1S/C20H20N2O3/c1-13-6-4-8-17(14(13)2)21-19(23)12-25-18-9-5-7-16-15(18)10-11-22(3)20(16)24/h4-11H,12H2,1-3H3,(H,21,23). The minimum absolute atomic E-state index is 0.0946. The van der Waals surface area contributed by atoms with E-state index >= 15 is 0 Å². The van der Waals surface area contributed by atoms with Crippen LogP contribution in [-0.2, 0) is 11.8 Å². The van der Waals surface area contributed by atoms with E-state index in [9.17, 15) is 9.59 Å². The van der Waals surface area contributed by atoms with Crippen molar-refractivity contribution in [2.24, 2.45) is 7.05 Å². The molecule has 1 heterocycles. The largest absolute Gasteiger partial charge is 0.483 e. The highest BCUT2D eigenvalue weighted by Gasteiger charge is 2.10. The van der Waals surface area contributed by atoms with Gasteiger partial charge < -0.3 is 14.6 Å². The number of ether oxygens (including phenoxy) is 1. The Morgan fingerprint density at radius 1 is 1.08 bits per heavy atom. The number of carbonyl (C=O) groups is 1. The molecule has 0 unspecified atom stereocenters. The Kier molecular flexibility index (Phi) is 4.57. The number of nitrogens with one attached hydrogen (secondary N) is 1. The van der Waals surface area contributed by atoms with Gasteiger partial charge in [-0.3, -0.25) is 9.59 Å². The molecule has 2 aromatic carbocycles. The topological polar surface area (TPSA) is 60.3 Å². The number of aromatic nitrogens is 1. The second kappa shape index (κ2) is 6.81. The van der Waals surface area contributed by atoms with Crippen LogP contribution in [0.25, 0.3) is 10.8 Å². The highest BCUT2D eigenvalue weighted by atomic mass is 16.5. The van der Waals surface area contributed by atoms with Gasteiger partial charge in [-0.25, -0.2) is 0 Å². The molecule has 0 atom stereocenters. The van der Waals surface area contributed by atoms with E-state index in [1.54, 1.807) is 31.4 Å². The van der Waals surface area contributed by atoms with E-state index in [1.165, 1.54) is 4.57 Å². The van der Waals surface area contributed by atoms with Crippen molar-refractivity contribution in [2.75, 3.05) is 11.9 Å². The molecule has 25 heavy (non-hydrogen) atoms. The van der Waals surface area contributed by atoms with Crippen LogP contribution >= 0.6 is 0 Å². The summed E-state index contributed by atoms with van der Waals surface area (Å²) in [6.07, 6.45) is 1.69. The molecule has 1 amide bonds. The molecule has 0 radical (unpaired) electrons. The lowest BCUT2D eigenvalue weighted by Gasteiger charge is -2.12. The Hall–Kier alpha value is -3.08. The van der Waals surface area contributed by atoms with E-state index in [0.29, 0.717) is 16.5 Å². The average molecular weight is 336 g/mol. The van der Waals surface area contributed by atoms with Gasteiger partial charge in [-0.05, 0) is 49.2 Å². The van der Waals surface area contributed by atoms with Crippen molar-refractivity contribution in [1.29, 1.82) is 0 Å². The van der Waals surface area contributed by atoms with Crippen LogP contribution in [-0.4, -0.2) is 17.1 Å². The molecule has 0 saturated heterocycles. The molecular weight excluding hydrogens is 316 g/mol. The molecule has 3 aromatic rings. The van der Waals surface area contributed by atoms with Crippen molar-refractivity contribution in [3.05, 3.63) is 70.1 Å². The van der Waals surface area contributed by atoms with E-state index in [2.05, 4.69) is 5.32 Å². The van der Waals surface area contributed by atoms with Gasteiger partial charge in [-0.1, -0.05) is 18.2 Å². The minimum Gasteiger partial charge on any atom is -0.483 e. The van der Waals surface area contributed by atoms with Crippen LogP contribution in [0.15, 0.2) is 53.5 Å². The summed E-state index contributed by atoms with van der Waals surface area (Å²) in [6.45, 7) is 3.84. The average Bonchev–Trinajstić information content (AvgIpc) is 2.60. The third kappa shape index (κ3) is 3.40. The molecule has 0 aliphatic rings. The van der Waals surface area contributed by atoms with E-state index in [4.69, 9.17) is 4.74 Å². The van der Waals surface area contributed by atoms with Crippen LogP contribution in [0, 0.1) is 13.8 Å². The Morgan fingerprint density at radius 3 is 2.64 bits per heavy atom. The monoisotopic (exact) mass is 336 g/mol. The molecule has 1 N–H and O–H groups in total. The van der Waals surface area contributed by atoms with Crippen LogP contribution in [0.5, 0.6) is 5.75 Å².